The van der Waals surface area contributed by atoms with Gasteiger partial charge in [0.2, 0.25) is 5.75 Å². The van der Waals surface area contributed by atoms with Gasteiger partial charge in [-0.15, -0.1) is 0 Å². The van der Waals surface area contributed by atoms with Crippen LogP contribution >= 0.6 is 0 Å². The van der Waals surface area contributed by atoms with Crippen LogP contribution in [0.15, 0.2) is 84.7 Å². The van der Waals surface area contributed by atoms with Crippen LogP contribution in [0.4, 0.5) is 14.9 Å². The zero-order valence-corrected chi connectivity index (χ0v) is 25.7. The Morgan fingerprint density at radius 2 is 1.74 bits per heavy atom. The molecule has 5 rings (SSSR count). The van der Waals surface area contributed by atoms with Crippen molar-refractivity contribution in [3.05, 3.63) is 123 Å². The number of methoxy groups -OCH3 is 2. The molecule has 1 aliphatic rings. The van der Waals surface area contributed by atoms with Gasteiger partial charge >= 0.3 is 6.16 Å². The number of hydrogen-bond acceptors (Lipinski definition) is 9. The van der Waals surface area contributed by atoms with Crippen molar-refractivity contribution in [2.75, 3.05) is 14.2 Å². The van der Waals surface area contributed by atoms with Crippen LogP contribution in [0.3, 0.4) is 0 Å². The van der Waals surface area contributed by atoms with E-state index in [-0.39, 0.29) is 40.5 Å². The summed E-state index contributed by atoms with van der Waals surface area (Å²) in [5.74, 6) is 0.158. The maximum atomic E-state index is 14.5. The topological polar surface area (TPSA) is 122 Å². The zero-order chi connectivity index (χ0) is 32.8. The Morgan fingerprint density at radius 1 is 1.02 bits per heavy atom. The molecule has 0 fully saturated rings. The molecule has 0 amide bonds. The number of hydrogen-bond donors (Lipinski definition) is 1. The molecule has 1 heterocycles. The highest BCUT2D eigenvalue weighted by molar-refractivity contribution is 6.05. The Bertz CT molecular complexity index is 1800. The van der Waals surface area contributed by atoms with Gasteiger partial charge in [-0.3, -0.25) is 15.1 Å². The number of carbonyl (C=O) groups is 1. The van der Waals surface area contributed by atoms with E-state index in [4.69, 9.17) is 18.9 Å². The van der Waals surface area contributed by atoms with Gasteiger partial charge in [-0.05, 0) is 108 Å². The molecule has 0 saturated carbocycles. The van der Waals surface area contributed by atoms with Gasteiger partial charge in [0.25, 0.3) is 5.69 Å². The minimum absolute atomic E-state index is 0.00516. The third-order valence-corrected chi connectivity index (χ3v) is 7.57. The van der Waals surface area contributed by atoms with Crippen molar-refractivity contribution in [2.45, 2.75) is 32.9 Å². The first-order valence-electron chi connectivity index (χ1n) is 14.4. The quantitative estimate of drug-likeness (QED) is 0.0776. The summed E-state index contributed by atoms with van der Waals surface area (Å²) in [6.45, 7) is 4.78. The lowest BCUT2D eigenvalue weighted by molar-refractivity contribution is -0.384. The van der Waals surface area contributed by atoms with Crippen molar-refractivity contribution >= 4 is 29.1 Å². The minimum atomic E-state index is -1.09. The van der Waals surface area contributed by atoms with E-state index < -0.39 is 11.1 Å². The van der Waals surface area contributed by atoms with Gasteiger partial charge in [0.15, 0.2) is 11.5 Å². The Hall–Kier alpha value is -5.55. The van der Waals surface area contributed by atoms with Crippen molar-refractivity contribution in [3.8, 4) is 23.0 Å². The lowest BCUT2D eigenvalue weighted by Gasteiger charge is -2.16. The number of allylic oxidation sites excluding steroid dienone is 2. The van der Waals surface area contributed by atoms with Crippen LogP contribution in [-0.2, 0) is 6.54 Å². The Morgan fingerprint density at radius 3 is 2.37 bits per heavy atom. The largest absolute Gasteiger partial charge is 0.519 e. The summed E-state index contributed by atoms with van der Waals surface area (Å²) >= 11 is 0. The summed E-state index contributed by atoms with van der Waals surface area (Å²) in [5, 5.41) is 14.4. The number of aromatic nitrogens is 1. The number of carbonyl (C=O) groups excluding carboxylic acids is 1. The van der Waals surface area contributed by atoms with Crippen molar-refractivity contribution in [2.24, 2.45) is 0 Å². The Balaban J connectivity index is 1.41. The summed E-state index contributed by atoms with van der Waals surface area (Å²) < 4.78 is 36.2. The van der Waals surface area contributed by atoms with Crippen molar-refractivity contribution in [1.82, 2.24) is 10.3 Å². The molecule has 3 aromatic carbocycles. The van der Waals surface area contributed by atoms with Crippen LogP contribution in [0.2, 0.25) is 0 Å². The summed E-state index contributed by atoms with van der Waals surface area (Å²) in [5.41, 5.74) is 6.34. The van der Waals surface area contributed by atoms with Gasteiger partial charge < -0.3 is 24.3 Å². The molecule has 46 heavy (non-hydrogen) atoms. The highest BCUT2D eigenvalue weighted by Crippen LogP contribution is 2.46. The minimum Gasteiger partial charge on any atom is -0.493 e. The van der Waals surface area contributed by atoms with E-state index in [2.05, 4.69) is 17.2 Å². The number of nitrogens with zero attached hydrogens (tertiary/aromatic N) is 2. The van der Waals surface area contributed by atoms with Crippen LogP contribution < -0.4 is 24.3 Å². The maximum Gasteiger partial charge on any atom is 0.519 e. The lowest BCUT2D eigenvalue weighted by Crippen LogP contribution is -2.25. The molecule has 0 radical (unpaired) electrons. The Kier molecular flexibility index (Phi) is 9.73. The molecule has 0 saturated heterocycles. The number of nitrogens with one attached hydrogen (secondary N) is 1. The van der Waals surface area contributed by atoms with Crippen molar-refractivity contribution < 1.29 is 33.1 Å². The monoisotopic (exact) mass is 625 g/mol. The van der Waals surface area contributed by atoms with E-state index >= 15 is 0 Å². The molecule has 0 spiro atoms. The molecule has 4 aromatic rings. The lowest BCUT2D eigenvalue weighted by atomic mass is 9.99. The third kappa shape index (κ3) is 7.22. The standard InChI is InChI=1S/C35H32FN3O7/c1-21(38-20-23-6-5-13-37-19-23)14-29-22(2)30(28-12-7-25(36)18-31(28)29)15-24-16-32(43-3)34(33(17-24)44-4)46-35(40)45-27-10-8-26(9-11-27)39(41)42/h5-13,15-19,21,38H,14,20H2,1-4H3/b30-15-. The highest BCUT2D eigenvalue weighted by atomic mass is 19.1. The smallest absolute Gasteiger partial charge is 0.493 e. The second kappa shape index (κ2) is 14.0. The van der Waals surface area contributed by atoms with Crippen LogP contribution in [0.25, 0.3) is 17.2 Å². The molecule has 0 bridgehead atoms. The Labute approximate surface area is 265 Å². The van der Waals surface area contributed by atoms with Gasteiger partial charge in [-0.2, -0.15) is 0 Å². The molecule has 1 aliphatic carbocycles. The fraction of sp³-hybridized carbons (Fsp3) is 0.200. The molecule has 1 N–H and O–H groups in total. The second-order valence-electron chi connectivity index (χ2n) is 10.7. The molecule has 11 heteroatoms. The number of fused-ring (bicyclic) bond motifs is 1. The van der Waals surface area contributed by atoms with Gasteiger partial charge in [0, 0.05) is 37.1 Å². The van der Waals surface area contributed by atoms with E-state index in [1.807, 2.05) is 31.3 Å². The average Bonchev–Trinajstić information content (AvgIpc) is 3.29. The third-order valence-electron chi connectivity index (χ3n) is 7.57. The van der Waals surface area contributed by atoms with E-state index in [0.29, 0.717) is 18.5 Å². The first-order valence-corrected chi connectivity index (χ1v) is 14.4. The molecule has 1 unspecified atom stereocenters. The number of nitro benzene ring substituents is 1. The van der Waals surface area contributed by atoms with Crippen LogP contribution in [0, 0.1) is 15.9 Å². The number of rotatable bonds is 11. The summed E-state index contributed by atoms with van der Waals surface area (Å²) in [6.07, 6.45) is 5.11. The summed E-state index contributed by atoms with van der Waals surface area (Å²) in [4.78, 5) is 27.1. The molecule has 0 aliphatic heterocycles. The van der Waals surface area contributed by atoms with Crippen LogP contribution in [0.1, 0.15) is 42.5 Å². The fourth-order valence-electron chi connectivity index (χ4n) is 5.28. The van der Waals surface area contributed by atoms with Crippen LogP contribution in [-0.4, -0.2) is 36.3 Å². The highest BCUT2D eigenvalue weighted by Gasteiger charge is 2.26. The van der Waals surface area contributed by atoms with E-state index in [1.54, 1.807) is 30.5 Å². The molecular weight excluding hydrogens is 593 g/mol. The normalized spacial score (nSPS) is 13.7. The van der Waals surface area contributed by atoms with Gasteiger partial charge in [-0.25, -0.2) is 9.18 Å². The van der Waals surface area contributed by atoms with Gasteiger partial charge in [0.05, 0.1) is 19.1 Å². The number of benzene rings is 3. The number of nitro groups is 1. The number of ether oxygens (including phenoxy) is 4. The summed E-state index contributed by atoms with van der Waals surface area (Å²) in [6, 6.07) is 17.2. The van der Waals surface area contributed by atoms with E-state index in [0.717, 1.165) is 33.4 Å². The molecule has 10 nitrogen and oxygen atoms in total. The predicted octanol–water partition coefficient (Wildman–Crippen LogP) is 7.62. The number of non-ortho nitro benzene ring substituents is 1. The van der Waals surface area contributed by atoms with E-state index in [9.17, 15) is 19.3 Å². The number of halogens is 1. The molecular formula is C35H32FN3O7. The van der Waals surface area contributed by atoms with Crippen molar-refractivity contribution in [1.29, 1.82) is 0 Å². The second-order valence-corrected chi connectivity index (χ2v) is 10.7. The fourth-order valence-corrected chi connectivity index (χ4v) is 5.28. The SMILES string of the molecule is COc1cc(/C=C2/C(C)=C(CC(C)NCc3cccnc3)c3cc(F)ccc32)cc(OC)c1OC(=O)Oc1ccc([N+](=O)[O-])cc1. The maximum absolute atomic E-state index is 14.5. The number of pyridine rings is 1. The van der Waals surface area contributed by atoms with Crippen LogP contribution in [0.5, 0.6) is 23.0 Å². The summed E-state index contributed by atoms with van der Waals surface area (Å²) in [7, 11) is 2.86. The molecule has 1 aromatic heterocycles. The molecule has 236 valence electrons. The van der Waals surface area contributed by atoms with Gasteiger partial charge in [0.1, 0.15) is 11.6 Å². The first-order chi connectivity index (χ1) is 22.2. The molecule has 1 atom stereocenters. The van der Waals surface area contributed by atoms with Crippen molar-refractivity contribution in [3.63, 3.8) is 0 Å². The average molecular weight is 626 g/mol. The first kappa shape index (κ1) is 31.9. The predicted molar refractivity (Wildman–Crippen MR) is 171 cm³/mol. The zero-order valence-electron chi connectivity index (χ0n) is 25.7. The van der Waals surface area contributed by atoms with E-state index in [1.165, 1.54) is 44.6 Å². The van der Waals surface area contributed by atoms with Gasteiger partial charge in [-0.1, -0.05) is 12.1 Å².